The zero-order valence-electron chi connectivity index (χ0n) is 11.1. The van der Waals surface area contributed by atoms with Crippen LogP contribution in [0.5, 0.6) is 11.5 Å². The number of amides is 1. The molecule has 0 unspecified atom stereocenters. The van der Waals surface area contributed by atoms with E-state index >= 15 is 0 Å². The molecule has 6 heteroatoms. The first-order valence-corrected chi connectivity index (χ1v) is 7.15. The molecule has 2 aromatic rings. The van der Waals surface area contributed by atoms with Gasteiger partial charge in [-0.2, -0.15) is 0 Å². The molecule has 21 heavy (non-hydrogen) atoms. The molecule has 3 N–H and O–H groups in total. The van der Waals surface area contributed by atoms with Crippen molar-refractivity contribution >= 4 is 27.5 Å². The summed E-state index contributed by atoms with van der Waals surface area (Å²) in [7, 11) is 0. The highest BCUT2D eigenvalue weighted by molar-refractivity contribution is 9.10. The highest BCUT2D eigenvalue weighted by Gasteiger charge is 2.18. The Bertz CT molecular complexity index is 703. The zero-order valence-corrected chi connectivity index (χ0v) is 12.6. The monoisotopic (exact) mass is 348 g/mol. The van der Waals surface area contributed by atoms with Gasteiger partial charge in [0.25, 0.3) is 5.91 Å². The maximum atomic E-state index is 12.2. The molecular formula is C15H13BrN2O3. The number of para-hydroxylation sites is 1. The van der Waals surface area contributed by atoms with E-state index in [2.05, 4.69) is 21.2 Å². The number of hydrogen-bond donors (Lipinski definition) is 2. The summed E-state index contributed by atoms with van der Waals surface area (Å²) in [6, 6.07) is 10.7. The lowest BCUT2D eigenvalue weighted by molar-refractivity contribution is 0.0950. The van der Waals surface area contributed by atoms with E-state index in [0.717, 1.165) is 5.56 Å². The maximum Gasteiger partial charge on any atom is 0.252 e. The smallest absolute Gasteiger partial charge is 0.252 e. The fourth-order valence-corrected chi connectivity index (χ4v) is 2.54. The van der Waals surface area contributed by atoms with Crippen LogP contribution in [-0.4, -0.2) is 12.7 Å². The normalized spacial score (nSPS) is 12.2. The fraction of sp³-hybridized carbons (Fsp3) is 0.133. The number of anilines is 1. The van der Waals surface area contributed by atoms with E-state index < -0.39 is 0 Å². The lowest BCUT2D eigenvalue weighted by atomic mass is 10.1. The molecule has 1 aliphatic rings. The molecule has 2 aromatic carbocycles. The molecule has 0 saturated carbocycles. The minimum Gasteiger partial charge on any atom is -0.454 e. The van der Waals surface area contributed by atoms with Crippen molar-refractivity contribution in [2.45, 2.75) is 6.54 Å². The summed E-state index contributed by atoms with van der Waals surface area (Å²) in [5.41, 5.74) is 7.62. The van der Waals surface area contributed by atoms with Crippen LogP contribution in [0.15, 0.2) is 40.9 Å². The van der Waals surface area contributed by atoms with E-state index in [0.29, 0.717) is 33.8 Å². The second-order valence-electron chi connectivity index (χ2n) is 4.57. The van der Waals surface area contributed by atoms with Gasteiger partial charge in [0.15, 0.2) is 11.5 Å². The average molecular weight is 349 g/mol. The van der Waals surface area contributed by atoms with Crippen LogP contribution in [-0.2, 0) is 6.54 Å². The first-order chi connectivity index (χ1) is 10.1. The van der Waals surface area contributed by atoms with Gasteiger partial charge in [-0.1, -0.05) is 12.1 Å². The van der Waals surface area contributed by atoms with Crippen LogP contribution in [0.3, 0.4) is 0 Å². The van der Waals surface area contributed by atoms with E-state index in [-0.39, 0.29) is 12.7 Å². The number of nitrogens with one attached hydrogen (secondary N) is 1. The molecule has 1 aliphatic heterocycles. The van der Waals surface area contributed by atoms with Gasteiger partial charge in [-0.15, -0.1) is 0 Å². The molecule has 0 aliphatic carbocycles. The van der Waals surface area contributed by atoms with E-state index in [1.54, 1.807) is 18.2 Å². The Morgan fingerprint density at radius 2 is 2.14 bits per heavy atom. The third kappa shape index (κ3) is 2.80. The lowest BCUT2D eigenvalue weighted by Gasteiger charge is -2.09. The van der Waals surface area contributed by atoms with Gasteiger partial charge in [0.1, 0.15) is 0 Å². The molecule has 1 amide bonds. The van der Waals surface area contributed by atoms with Gasteiger partial charge in [-0.05, 0) is 40.2 Å². The van der Waals surface area contributed by atoms with Gasteiger partial charge in [0.05, 0.1) is 5.56 Å². The third-order valence-corrected chi connectivity index (χ3v) is 3.84. The van der Waals surface area contributed by atoms with E-state index in [1.165, 1.54) is 0 Å². The SMILES string of the molecule is Nc1ccc(Br)c(C(=O)NCc2cccc3c2OCO3)c1. The van der Waals surface area contributed by atoms with Crippen molar-refractivity contribution in [1.82, 2.24) is 5.32 Å². The molecule has 108 valence electrons. The summed E-state index contributed by atoms with van der Waals surface area (Å²) in [5.74, 6) is 1.18. The molecule has 5 nitrogen and oxygen atoms in total. The van der Waals surface area contributed by atoms with Crippen LogP contribution < -0.4 is 20.5 Å². The number of ether oxygens (including phenoxy) is 2. The molecule has 0 radical (unpaired) electrons. The van der Waals surface area contributed by atoms with Crippen LogP contribution in [0.25, 0.3) is 0 Å². The molecule has 0 fully saturated rings. The van der Waals surface area contributed by atoms with Crippen molar-refractivity contribution in [2.24, 2.45) is 0 Å². The fourth-order valence-electron chi connectivity index (χ4n) is 2.12. The van der Waals surface area contributed by atoms with Gasteiger partial charge in [-0.3, -0.25) is 4.79 Å². The van der Waals surface area contributed by atoms with Gasteiger partial charge < -0.3 is 20.5 Å². The molecule has 0 spiro atoms. The molecule has 3 rings (SSSR count). The minimum atomic E-state index is -0.203. The van der Waals surface area contributed by atoms with Crippen molar-refractivity contribution < 1.29 is 14.3 Å². The summed E-state index contributed by atoms with van der Waals surface area (Å²) < 4.78 is 11.4. The van der Waals surface area contributed by atoms with Crippen molar-refractivity contribution in [3.05, 3.63) is 52.0 Å². The number of carbonyl (C=O) groups excluding carboxylic acids is 1. The molecule has 1 heterocycles. The van der Waals surface area contributed by atoms with E-state index in [1.807, 2.05) is 18.2 Å². The number of nitrogen functional groups attached to an aromatic ring is 1. The predicted octanol–water partition coefficient (Wildman–Crippen LogP) is 2.69. The van der Waals surface area contributed by atoms with Crippen LogP contribution in [0, 0.1) is 0 Å². The van der Waals surface area contributed by atoms with E-state index in [4.69, 9.17) is 15.2 Å². The number of carbonyl (C=O) groups is 1. The molecule has 0 atom stereocenters. The van der Waals surface area contributed by atoms with Crippen molar-refractivity contribution in [3.63, 3.8) is 0 Å². The number of nitrogens with two attached hydrogens (primary N) is 1. The van der Waals surface area contributed by atoms with Gasteiger partial charge in [-0.25, -0.2) is 0 Å². The van der Waals surface area contributed by atoms with Gasteiger partial charge in [0.2, 0.25) is 6.79 Å². The number of halogens is 1. The average Bonchev–Trinajstić information content (AvgIpc) is 2.96. The Morgan fingerprint density at radius 3 is 3.00 bits per heavy atom. The Hall–Kier alpha value is -2.21. The van der Waals surface area contributed by atoms with Crippen LogP contribution in [0.4, 0.5) is 5.69 Å². The highest BCUT2D eigenvalue weighted by Crippen LogP contribution is 2.35. The summed E-state index contributed by atoms with van der Waals surface area (Å²) in [4.78, 5) is 12.2. The van der Waals surface area contributed by atoms with E-state index in [9.17, 15) is 4.79 Å². The van der Waals surface area contributed by atoms with Crippen LogP contribution >= 0.6 is 15.9 Å². The first-order valence-electron chi connectivity index (χ1n) is 6.36. The summed E-state index contributed by atoms with van der Waals surface area (Å²) in [6.45, 7) is 0.563. The number of benzene rings is 2. The Kier molecular flexibility index (Phi) is 3.70. The van der Waals surface area contributed by atoms with Crippen molar-refractivity contribution in [3.8, 4) is 11.5 Å². The summed E-state index contributed by atoms with van der Waals surface area (Å²) in [6.07, 6.45) is 0. The molecule has 0 saturated heterocycles. The van der Waals surface area contributed by atoms with Gasteiger partial charge in [0, 0.05) is 22.3 Å². The summed E-state index contributed by atoms with van der Waals surface area (Å²) in [5, 5.41) is 2.85. The third-order valence-electron chi connectivity index (χ3n) is 3.15. The van der Waals surface area contributed by atoms with Gasteiger partial charge >= 0.3 is 0 Å². The quantitative estimate of drug-likeness (QED) is 0.836. The Balaban J connectivity index is 1.75. The largest absolute Gasteiger partial charge is 0.454 e. The predicted molar refractivity (Wildman–Crippen MR) is 82.3 cm³/mol. The topological polar surface area (TPSA) is 73.6 Å². The number of rotatable bonds is 3. The lowest BCUT2D eigenvalue weighted by Crippen LogP contribution is -2.23. The molecular weight excluding hydrogens is 336 g/mol. The van der Waals surface area contributed by atoms with Crippen LogP contribution in [0.2, 0.25) is 0 Å². The summed E-state index contributed by atoms with van der Waals surface area (Å²) >= 11 is 3.35. The highest BCUT2D eigenvalue weighted by atomic mass is 79.9. The number of hydrogen-bond acceptors (Lipinski definition) is 4. The molecule has 0 bridgehead atoms. The van der Waals surface area contributed by atoms with Crippen LogP contribution in [0.1, 0.15) is 15.9 Å². The zero-order chi connectivity index (χ0) is 14.8. The maximum absolute atomic E-state index is 12.2. The second-order valence-corrected chi connectivity index (χ2v) is 5.43. The second kappa shape index (κ2) is 5.65. The molecule has 0 aromatic heterocycles. The standard InChI is InChI=1S/C15H13BrN2O3/c16-12-5-4-10(17)6-11(12)15(19)18-7-9-2-1-3-13-14(9)21-8-20-13/h1-6H,7-8,17H2,(H,18,19). The van der Waals surface area contributed by atoms with Crippen molar-refractivity contribution in [2.75, 3.05) is 12.5 Å². The van der Waals surface area contributed by atoms with Crippen molar-refractivity contribution in [1.29, 1.82) is 0 Å². The Labute approximate surface area is 130 Å². The first kappa shape index (κ1) is 13.8. The Morgan fingerprint density at radius 1 is 1.29 bits per heavy atom. The minimum absolute atomic E-state index is 0.203. The number of fused-ring (bicyclic) bond motifs is 1.